The maximum atomic E-state index is 12.8. The lowest BCUT2D eigenvalue weighted by atomic mass is 10.0. The zero-order valence-corrected chi connectivity index (χ0v) is 13.0. The van der Waals surface area contributed by atoms with Gasteiger partial charge in [0.2, 0.25) is 5.78 Å². The number of benzene rings is 1. The summed E-state index contributed by atoms with van der Waals surface area (Å²) >= 11 is 3.60. The van der Waals surface area contributed by atoms with Crippen LogP contribution in [0.25, 0.3) is 10.9 Å². The van der Waals surface area contributed by atoms with Gasteiger partial charge in [-0.3, -0.25) is 9.78 Å². The van der Waals surface area contributed by atoms with E-state index in [2.05, 4.69) is 11.1 Å². The average molecular weight is 311 g/mol. The van der Waals surface area contributed by atoms with Crippen molar-refractivity contribution in [3.63, 3.8) is 0 Å². The van der Waals surface area contributed by atoms with Crippen molar-refractivity contribution in [2.24, 2.45) is 0 Å². The van der Waals surface area contributed by atoms with Gasteiger partial charge in [0.15, 0.2) is 0 Å². The normalized spacial score (nSPS) is 14.1. The first kappa shape index (κ1) is 13.0. The molecule has 1 aliphatic heterocycles. The van der Waals surface area contributed by atoms with Crippen LogP contribution in [0.4, 0.5) is 0 Å². The Hall–Kier alpha value is -1.65. The van der Waals surface area contributed by atoms with Gasteiger partial charge in [-0.05, 0) is 35.9 Å². The number of aromatic nitrogens is 1. The minimum Gasteiger partial charge on any atom is -0.288 e. The Balaban J connectivity index is 1.81. The molecule has 0 amide bonds. The summed E-state index contributed by atoms with van der Waals surface area (Å²) in [7, 11) is 0. The molecular formula is C17H13NOS2. The molecule has 3 aromatic rings. The van der Waals surface area contributed by atoms with Crippen molar-refractivity contribution in [2.75, 3.05) is 5.75 Å². The minimum absolute atomic E-state index is 0.101. The van der Waals surface area contributed by atoms with Crippen molar-refractivity contribution >= 4 is 39.8 Å². The number of thiophene rings is 1. The van der Waals surface area contributed by atoms with Gasteiger partial charge in [0.1, 0.15) is 0 Å². The molecule has 0 spiro atoms. The number of fused-ring (bicyclic) bond motifs is 2. The predicted octanol–water partition coefficient (Wildman–Crippen LogP) is 4.32. The zero-order chi connectivity index (χ0) is 14.2. The monoisotopic (exact) mass is 311 g/mol. The zero-order valence-electron chi connectivity index (χ0n) is 11.3. The van der Waals surface area contributed by atoms with E-state index in [1.165, 1.54) is 10.4 Å². The van der Waals surface area contributed by atoms with E-state index in [1.54, 1.807) is 17.5 Å². The van der Waals surface area contributed by atoms with E-state index in [4.69, 9.17) is 0 Å². The topological polar surface area (TPSA) is 30.0 Å². The second-order valence-corrected chi connectivity index (χ2v) is 7.31. The molecule has 4 rings (SSSR count). The number of hydrogen-bond acceptors (Lipinski definition) is 4. The van der Waals surface area contributed by atoms with Gasteiger partial charge in [0, 0.05) is 27.8 Å². The number of carbonyl (C=O) groups excluding carboxylic acids is 1. The summed E-state index contributed by atoms with van der Waals surface area (Å²) < 4.78 is 0. The largest absolute Gasteiger partial charge is 0.288 e. The highest BCUT2D eigenvalue weighted by Crippen LogP contribution is 2.33. The number of carbonyl (C=O) groups is 1. The Labute approximate surface area is 131 Å². The quantitative estimate of drug-likeness (QED) is 0.660. The summed E-state index contributed by atoms with van der Waals surface area (Å²) in [5.41, 5.74) is 2.85. The van der Waals surface area contributed by atoms with Crippen LogP contribution < -0.4 is 0 Å². The summed E-state index contributed by atoms with van der Waals surface area (Å²) in [6.45, 7) is 0. The van der Waals surface area contributed by atoms with Crippen molar-refractivity contribution in [3.05, 3.63) is 63.5 Å². The molecule has 2 nitrogen and oxygen atoms in total. The van der Waals surface area contributed by atoms with Crippen molar-refractivity contribution in [3.8, 4) is 0 Å². The molecule has 0 saturated heterocycles. The summed E-state index contributed by atoms with van der Waals surface area (Å²) in [6.07, 6.45) is 2.83. The average Bonchev–Trinajstić information content (AvgIpc) is 2.97. The second kappa shape index (κ2) is 5.28. The van der Waals surface area contributed by atoms with Crippen molar-refractivity contribution in [1.82, 2.24) is 4.98 Å². The van der Waals surface area contributed by atoms with Gasteiger partial charge in [-0.15, -0.1) is 11.3 Å². The fourth-order valence-electron chi connectivity index (χ4n) is 2.68. The Bertz CT molecular complexity index is 809. The first-order valence-electron chi connectivity index (χ1n) is 6.91. The maximum absolute atomic E-state index is 12.8. The van der Waals surface area contributed by atoms with Gasteiger partial charge < -0.3 is 0 Å². The van der Waals surface area contributed by atoms with Crippen LogP contribution in [-0.2, 0) is 12.2 Å². The summed E-state index contributed by atoms with van der Waals surface area (Å²) in [5.74, 6) is 2.30. The molecule has 4 heteroatoms. The number of pyridine rings is 1. The van der Waals surface area contributed by atoms with E-state index in [0.717, 1.165) is 33.7 Å². The lowest BCUT2D eigenvalue weighted by Gasteiger charge is -2.08. The van der Waals surface area contributed by atoms with Crippen LogP contribution in [0.5, 0.6) is 0 Å². The first-order valence-corrected chi connectivity index (χ1v) is 8.88. The van der Waals surface area contributed by atoms with Crippen LogP contribution in [-0.4, -0.2) is 16.5 Å². The molecule has 21 heavy (non-hydrogen) atoms. The highest BCUT2D eigenvalue weighted by molar-refractivity contribution is 7.98. The molecule has 0 bridgehead atoms. The molecule has 0 aliphatic carbocycles. The SMILES string of the molecule is O=C(c1cc2c(s1)CCSC2)c1cccc2cccnc12. The van der Waals surface area contributed by atoms with Crippen LogP contribution in [0.1, 0.15) is 25.7 Å². The van der Waals surface area contributed by atoms with E-state index < -0.39 is 0 Å². The van der Waals surface area contributed by atoms with Crippen LogP contribution in [0.2, 0.25) is 0 Å². The van der Waals surface area contributed by atoms with Crippen molar-refractivity contribution < 1.29 is 4.79 Å². The van der Waals surface area contributed by atoms with Gasteiger partial charge in [0.05, 0.1) is 10.4 Å². The molecule has 104 valence electrons. The van der Waals surface area contributed by atoms with Gasteiger partial charge in [0.25, 0.3) is 0 Å². The molecule has 0 saturated carbocycles. The molecule has 3 heterocycles. The number of para-hydroxylation sites is 1. The van der Waals surface area contributed by atoms with E-state index in [1.807, 2.05) is 42.1 Å². The Morgan fingerprint density at radius 1 is 1.19 bits per heavy atom. The Morgan fingerprint density at radius 3 is 3.00 bits per heavy atom. The third kappa shape index (κ3) is 2.28. The first-order chi connectivity index (χ1) is 10.3. The highest BCUT2D eigenvalue weighted by atomic mass is 32.2. The predicted molar refractivity (Wildman–Crippen MR) is 89.4 cm³/mol. The van der Waals surface area contributed by atoms with Crippen LogP contribution in [0, 0.1) is 0 Å². The fraction of sp³-hybridized carbons (Fsp3) is 0.176. The highest BCUT2D eigenvalue weighted by Gasteiger charge is 2.20. The lowest BCUT2D eigenvalue weighted by Crippen LogP contribution is -2.00. The summed E-state index contributed by atoms with van der Waals surface area (Å²) in [5, 5.41) is 1.01. The third-order valence-corrected chi connectivity index (χ3v) is 5.97. The molecule has 0 fully saturated rings. The molecule has 0 radical (unpaired) electrons. The number of aryl methyl sites for hydroxylation is 1. The Morgan fingerprint density at radius 2 is 2.10 bits per heavy atom. The fourth-order valence-corrected chi connectivity index (χ4v) is 5.01. The molecule has 1 aromatic carbocycles. The molecule has 1 aliphatic rings. The number of hydrogen-bond donors (Lipinski definition) is 0. The van der Waals surface area contributed by atoms with Gasteiger partial charge in [-0.25, -0.2) is 0 Å². The standard InChI is InChI=1S/C17H13NOS2/c19-17(15-9-12-10-20-8-6-14(12)21-15)13-5-1-3-11-4-2-7-18-16(11)13/h1-5,7,9H,6,8,10H2. The van der Waals surface area contributed by atoms with Crippen molar-refractivity contribution in [2.45, 2.75) is 12.2 Å². The smallest absolute Gasteiger partial charge is 0.205 e. The second-order valence-electron chi connectivity index (χ2n) is 5.07. The van der Waals surface area contributed by atoms with Gasteiger partial charge in [-0.1, -0.05) is 18.2 Å². The van der Waals surface area contributed by atoms with Crippen molar-refractivity contribution in [1.29, 1.82) is 0 Å². The molecule has 0 unspecified atom stereocenters. The summed E-state index contributed by atoms with van der Waals surface area (Å²) in [4.78, 5) is 19.5. The molecule has 2 aromatic heterocycles. The minimum atomic E-state index is 0.101. The van der Waals surface area contributed by atoms with E-state index in [9.17, 15) is 4.79 Å². The van der Waals surface area contributed by atoms with E-state index >= 15 is 0 Å². The molecule has 0 N–H and O–H groups in total. The van der Waals surface area contributed by atoms with Crippen LogP contribution >= 0.6 is 23.1 Å². The van der Waals surface area contributed by atoms with Gasteiger partial charge >= 0.3 is 0 Å². The number of nitrogens with zero attached hydrogens (tertiary/aromatic N) is 1. The van der Waals surface area contributed by atoms with Crippen LogP contribution in [0.3, 0.4) is 0 Å². The maximum Gasteiger partial charge on any atom is 0.205 e. The molecule has 0 atom stereocenters. The number of thioether (sulfide) groups is 1. The van der Waals surface area contributed by atoms with Gasteiger partial charge in [-0.2, -0.15) is 11.8 Å². The molecular weight excluding hydrogens is 298 g/mol. The lowest BCUT2D eigenvalue weighted by molar-refractivity contribution is 0.104. The van der Waals surface area contributed by atoms with Crippen LogP contribution in [0.15, 0.2) is 42.6 Å². The summed E-state index contributed by atoms with van der Waals surface area (Å²) in [6, 6.07) is 11.8. The van der Waals surface area contributed by atoms with E-state index in [-0.39, 0.29) is 5.78 Å². The number of ketones is 1. The number of rotatable bonds is 2. The third-order valence-electron chi connectivity index (χ3n) is 3.73. The van der Waals surface area contributed by atoms with E-state index in [0.29, 0.717) is 5.56 Å². The Kier molecular flexibility index (Phi) is 3.28.